The number of amides is 1. The van der Waals surface area contributed by atoms with Crippen LogP contribution in [0.2, 0.25) is 0 Å². The van der Waals surface area contributed by atoms with Crippen LogP contribution in [-0.2, 0) is 33.3 Å². The zero-order chi connectivity index (χ0) is 23.5. The van der Waals surface area contributed by atoms with Crippen molar-refractivity contribution in [2.75, 3.05) is 13.2 Å². The molecule has 2 heterocycles. The van der Waals surface area contributed by atoms with E-state index in [1.54, 1.807) is 0 Å². The van der Waals surface area contributed by atoms with Crippen molar-refractivity contribution in [2.45, 2.75) is 62.8 Å². The van der Waals surface area contributed by atoms with Crippen LogP contribution in [0.5, 0.6) is 0 Å². The number of ether oxygens (including phenoxy) is 4. The molecule has 0 aromatic carbocycles. The van der Waals surface area contributed by atoms with Crippen molar-refractivity contribution in [1.29, 1.82) is 0 Å². The number of carbonyl (C=O) groups excluding carboxylic acids is 2. The molecule has 14 heteroatoms. The number of hydrogen-bond donors (Lipinski definition) is 7. The lowest BCUT2D eigenvalue weighted by molar-refractivity contribution is -0.272. The molecule has 0 saturated carbocycles. The van der Waals surface area contributed by atoms with Crippen molar-refractivity contribution in [3.63, 3.8) is 0 Å². The second-order valence-corrected chi connectivity index (χ2v) is 6.93. The summed E-state index contributed by atoms with van der Waals surface area (Å²) in [5.41, 5.74) is 0. The summed E-state index contributed by atoms with van der Waals surface area (Å²) in [6.07, 6.45) is -10.8. The zero-order valence-electron chi connectivity index (χ0n) is 16.6. The Kier molecular flexibility index (Phi) is 8.16. The molecule has 7 N–H and O–H groups in total. The van der Waals surface area contributed by atoms with E-state index in [0.29, 0.717) is 0 Å². The van der Waals surface area contributed by atoms with E-state index >= 15 is 0 Å². The number of nitrogens with one attached hydrogen (secondary N) is 1. The average Bonchev–Trinajstić information content (AvgIpc) is 2.99. The first-order valence-corrected chi connectivity index (χ1v) is 9.21. The molecule has 1 fully saturated rings. The molecular formula is C17H25NO13. The molecule has 0 spiro atoms. The Labute approximate surface area is 175 Å². The van der Waals surface area contributed by atoms with Gasteiger partial charge in [0.1, 0.15) is 30.5 Å². The average molecular weight is 451 g/mol. The molecule has 2 aliphatic heterocycles. The van der Waals surface area contributed by atoms with Gasteiger partial charge in [-0.2, -0.15) is 0 Å². The van der Waals surface area contributed by atoms with Crippen molar-refractivity contribution in [3.8, 4) is 0 Å². The van der Waals surface area contributed by atoms with Gasteiger partial charge in [0, 0.05) is 6.92 Å². The lowest BCUT2D eigenvalue weighted by atomic mass is 9.96. The molecule has 0 aromatic rings. The van der Waals surface area contributed by atoms with Crippen LogP contribution in [-0.4, -0.2) is 111 Å². The van der Waals surface area contributed by atoms with Crippen molar-refractivity contribution in [1.82, 2.24) is 5.32 Å². The van der Waals surface area contributed by atoms with Gasteiger partial charge in [0.05, 0.1) is 13.2 Å². The summed E-state index contributed by atoms with van der Waals surface area (Å²) in [5, 5.41) is 60.2. The Hall–Kier alpha value is -2.49. The number of carboxylic acids is 1. The minimum absolute atomic E-state index is 0.658. The number of aliphatic hydroxyl groups excluding tert-OH is 5. The first-order chi connectivity index (χ1) is 14.5. The van der Waals surface area contributed by atoms with Crippen molar-refractivity contribution < 1.29 is 64.0 Å². The predicted octanol–water partition coefficient (Wildman–Crippen LogP) is -3.51. The van der Waals surface area contributed by atoms with Crippen LogP contribution < -0.4 is 5.32 Å². The topological polar surface area (TPSA) is 222 Å². The van der Waals surface area contributed by atoms with E-state index in [1.807, 2.05) is 0 Å². The molecule has 2 rings (SSSR count). The third-order valence-electron chi connectivity index (χ3n) is 4.62. The maximum absolute atomic E-state index is 12.1. The third-order valence-corrected chi connectivity index (χ3v) is 4.62. The van der Waals surface area contributed by atoms with Gasteiger partial charge < -0.3 is 54.9 Å². The largest absolute Gasteiger partial charge is 0.505 e. The van der Waals surface area contributed by atoms with Gasteiger partial charge in [0.15, 0.2) is 18.0 Å². The molecule has 0 aromatic heterocycles. The maximum Gasteiger partial charge on any atom is 0.378 e. The molecule has 31 heavy (non-hydrogen) atoms. The van der Waals surface area contributed by atoms with Gasteiger partial charge in [0.2, 0.25) is 18.0 Å². The Morgan fingerprint density at radius 1 is 1.29 bits per heavy atom. The molecule has 1 saturated heterocycles. The van der Waals surface area contributed by atoms with Gasteiger partial charge in [-0.15, -0.1) is 0 Å². The van der Waals surface area contributed by atoms with Crippen molar-refractivity contribution in [2.24, 2.45) is 0 Å². The maximum atomic E-state index is 12.1. The highest BCUT2D eigenvalue weighted by Gasteiger charge is 2.51. The Morgan fingerprint density at radius 2 is 1.94 bits per heavy atom. The third kappa shape index (κ3) is 5.41. The zero-order valence-corrected chi connectivity index (χ0v) is 16.6. The van der Waals surface area contributed by atoms with Gasteiger partial charge in [-0.25, -0.2) is 9.59 Å². The predicted molar refractivity (Wildman–Crippen MR) is 95.0 cm³/mol. The number of aliphatic hydroxyl groups is 5. The van der Waals surface area contributed by atoms with Crippen LogP contribution >= 0.6 is 0 Å². The standard InChI is InChI=1S/C17H25NO13/c1-5(15(25)26)28-13-9(18-6(2)21)17(29-8(4-20)10(13)23)31-14-11(24)12(7(22)3-19)30-16(14)27/h5,7-10,12-13,17,19-20,22-24H,3-4H2,1-2H3,(H,18,21)(H,25,26)/t5?,7?,8-,9-,10-,12?,13-,17?/m1/s1. The SMILES string of the molecule is CC(=O)N[C@H]1C(OC2=C(O)C(C(O)CO)OC2=O)O[C@H](CO)[C@@H](O)[C@@H]1OC(C)C(=O)O. The monoisotopic (exact) mass is 451 g/mol. The molecule has 0 aliphatic carbocycles. The number of carbonyl (C=O) groups is 3. The van der Waals surface area contributed by atoms with E-state index in [1.165, 1.54) is 6.92 Å². The molecular weight excluding hydrogens is 426 g/mol. The number of hydrogen-bond acceptors (Lipinski definition) is 12. The lowest BCUT2D eigenvalue weighted by Gasteiger charge is -2.44. The van der Waals surface area contributed by atoms with Gasteiger partial charge in [-0.05, 0) is 6.92 Å². The van der Waals surface area contributed by atoms with Crippen LogP contribution in [0.1, 0.15) is 13.8 Å². The number of rotatable bonds is 9. The van der Waals surface area contributed by atoms with Gasteiger partial charge in [0.25, 0.3) is 0 Å². The fourth-order valence-corrected chi connectivity index (χ4v) is 3.05. The number of esters is 1. The first kappa shape index (κ1) is 24.8. The summed E-state index contributed by atoms with van der Waals surface area (Å²) in [4.78, 5) is 34.9. The Morgan fingerprint density at radius 3 is 2.45 bits per heavy atom. The van der Waals surface area contributed by atoms with E-state index in [0.717, 1.165) is 6.92 Å². The van der Waals surface area contributed by atoms with E-state index in [2.05, 4.69) is 5.32 Å². The van der Waals surface area contributed by atoms with Crippen LogP contribution in [0, 0.1) is 0 Å². The minimum atomic E-state index is -1.66. The number of aliphatic carboxylic acids is 1. The van der Waals surface area contributed by atoms with Gasteiger partial charge in [-0.1, -0.05) is 0 Å². The smallest absolute Gasteiger partial charge is 0.378 e. The molecule has 176 valence electrons. The fraction of sp³-hybridized carbons (Fsp3) is 0.706. The van der Waals surface area contributed by atoms with Crippen LogP contribution in [0.25, 0.3) is 0 Å². The lowest BCUT2D eigenvalue weighted by Crippen LogP contribution is -2.66. The normalized spacial score (nSPS) is 32.9. The van der Waals surface area contributed by atoms with Gasteiger partial charge >= 0.3 is 11.9 Å². The highest BCUT2D eigenvalue weighted by atomic mass is 16.7. The van der Waals surface area contributed by atoms with Crippen LogP contribution in [0.15, 0.2) is 11.5 Å². The summed E-state index contributed by atoms with van der Waals surface area (Å²) >= 11 is 0. The molecule has 1 amide bonds. The summed E-state index contributed by atoms with van der Waals surface area (Å²) in [6, 6.07) is -1.40. The van der Waals surface area contributed by atoms with E-state index in [9.17, 15) is 34.8 Å². The summed E-state index contributed by atoms with van der Waals surface area (Å²) in [6.45, 7) is 0.665. The Bertz CT molecular complexity index is 725. The van der Waals surface area contributed by atoms with E-state index < -0.39 is 91.5 Å². The fourth-order valence-electron chi connectivity index (χ4n) is 3.05. The second kappa shape index (κ2) is 10.2. The molecule has 14 nitrogen and oxygen atoms in total. The quantitative estimate of drug-likeness (QED) is 0.169. The van der Waals surface area contributed by atoms with Crippen LogP contribution in [0.3, 0.4) is 0 Å². The van der Waals surface area contributed by atoms with Crippen molar-refractivity contribution in [3.05, 3.63) is 11.5 Å². The molecule has 8 atom stereocenters. The number of carboxylic acid groups (broad SMARTS) is 1. The van der Waals surface area contributed by atoms with Gasteiger partial charge in [-0.3, -0.25) is 4.79 Å². The summed E-state index contributed by atoms with van der Waals surface area (Å²) in [5.74, 6) is -4.92. The molecule has 4 unspecified atom stereocenters. The highest BCUT2D eigenvalue weighted by Crippen LogP contribution is 2.31. The highest BCUT2D eigenvalue weighted by molar-refractivity contribution is 5.89. The Balaban J connectivity index is 2.38. The van der Waals surface area contributed by atoms with E-state index in [-0.39, 0.29) is 0 Å². The van der Waals surface area contributed by atoms with E-state index in [4.69, 9.17) is 29.2 Å². The molecule has 2 aliphatic rings. The molecule has 0 radical (unpaired) electrons. The van der Waals surface area contributed by atoms with Crippen molar-refractivity contribution >= 4 is 17.8 Å². The first-order valence-electron chi connectivity index (χ1n) is 9.21. The van der Waals surface area contributed by atoms with Crippen LogP contribution in [0.4, 0.5) is 0 Å². The minimum Gasteiger partial charge on any atom is -0.505 e. The second-order valence-electron chi connectivity index (χ2n) is 6.93. The molecule has 0 bridgehead atoms. The number of cyclic esters (lactones) is 1. The summed E-state index contributed by atoms with van der Waals surface area (Å²) < 4.78 is 20.8. The summed E-state index contributed by atoms with van der Waals surface area (Å²) in [7, 11) is 0.